The van der Waals surface area contributed by atoms with Crippen LogP contribution in [0.1, 0.15) is 12.0 Å². The largest absolute Gasteiger partial charge is 0.396 e. The monoisotopic (exact) mass is 254 g/mol. The van der Waals surface area contributed by atoms with Crippen molar-refractivity contribution in [2.75, 3.05) is 6.61 Å². The molecular weight excluding hydrogens is 240 g/mol. The van der Waals surface area contributed by atoms with Gasteiger partial charge in [-0.2, -0.15) is 0 Å². The van der Waals surface area contributed by atoms with Crippen LogP contribution < -0.4 is 0 Å². The minimum absolute atomic E-state index is 0.329. The highest BCUT2D eigenvalue weighted by Gasteiger charge is 2.46. The lowest BCUT2D eigenvalue weighted by atomic mass is 10.1. The molecule has 0 saturated heterocycles. The van der Waals surface area contributed by atoms with Gasteiger partial charge in [0.15, 0.2) is 0 Å². The summed E-state index contributed by atoms with van der Waals surface area (Å²) >= 11 is 3.59. The fourth-order valence-corrected chi connectivity index (χ4v) is 3.03. The molecule has 2 heteroatoms. The van der Waals surface area contributed by atoms with Crippen LogP contribution in [0.3, 0.4) is 0 Å². The Bertz CT molecular complexity index is 286. The molecule has 3 atom stereocenters. The Hall–Kier alpha value is -0.340. The van der Waals surface area contributed by atoms with E-state index >= 15 is 0 Å². The Morgan fingerprint density at radius 1 is 1.14 bits per heavy atom. The second kappa shape index (κ2) is 4.45. The van der Waals surface area contributed by atoms with Crippen molar-refractivity contribution in [3.05, 3.63) is 35.9 Å². The lowest BCUT2D eigenvalue weighted by molar-refractivity contribution is 0.268. The van der Waals surface area contributed by atoms with Gasteiger partial charge in [0.05, 0.1) is 0 Å². The quantitative estimate of drug-likeness (QED) is 0.820. The molecule has 14 heavy (non-hydrogen) atoms. The number of hydrogen-bond donors (Lipinski definition) is 1. The smallest absolute Gasteiger partial charge is 0.0473 e. The Morgan fingerprint density at radius 3 is 2.43 bits per heavy atom. The molecule has 1 N–H and O–H groups in total. The fourth-order valence-electron chi connectivity index (χ4n) is 1.99. The van der Waals surface area contributed by atoms with Gasteiger partial charge in [-0.15, -0.1) is 0 Å². The maximum absolute atomic E-state index is 9.01. The van der Waals surface area contributed by atoms with E-state index in [9.17, 15) is 0 Å². The van der Waals surface area contributed by atoms with E-state index in [0.29, 0.717) is 23.3 Å². The minimum Gasteiger partial charge on any atom is -0.396 e. The van der Waals surface area contributed by atoms with Gasteiger partial charge in [0.25, 0.3) is 0 Å². The van der Waals surface area contributed by atoms with E-state index in [1.807, 2.05) is 6.07 Å². The molecule has 0 spiro atoms. The maximum atomic E-state index is 9.01. The topological polar surface area (TPSA) is 20.2 Å². The predicted octanol–water partition coefficient (Wildman–Crippen LogP) is 2.62. The minimum atomic E-state index is 0.329. The van der Waals surface area contributed by atoms with Crippen molar-refractivity contribution >= 4 is 15.9 Å². The van der Waals surface area contributed by atoms with Crippen molar-refractivity contribution in [1.29, 1.82) is 0 Å². The van der Waals surface area contributed by atoms with Crippen LogP contribution in [0, 0.1) is 11.8 Å². The summed E-state index contributed by atoms with van der Waals surface area (Å²) in [6.45, 7) is 0.329. The Morgan fingerprint density at radius 2 is 1.86 bits per heavy atom. The molecule has 1 aliphatic carbocycles. The normalized spacial score (nSPS) is 30.3. The van der Waals surface area contributed by atoms with Crippen molar-refractivity contribution in [2.24, 2.45) is 11.8 Å². The van der Waals surface area contributed by atoms with Gasteiger partial charge >= 0.3 is 0 Å². The summed E-state index contributed by atoms with van der Waals surface area (Å²) in [6.07, 6.45) is 2.31. The molecule has 2 rings (SSSR count). The highest BCUT2D eigenvalue weighted by molar-refractivity contribution is 9.09. The molecule has 1 aliphatic rings. The van der Waals surface area contributed by atoms with E-state index in [4.69, 9.17) is 5.11 Å². The van der Waals surface area contributed by atoms with Crippen LogP contribution in [0.2, 0.25) is 0 Å². The lowest BCUT2D eigenvalue weighted by Gasteiger charge is -1.99. The van der Waals surface area contributed by atoms with Gasteiger partial charge in [-0.05, 0) is 30.2 Å². The predicted molar refractivity (Wildman–Crippen MR) is 61.5 cm³/mol. The molecule has 1 saturated carbocycles. The van der Waals surface area contributed by atoms with Gasteiger partial charge in [-0.1, -0.05) is 46.3 Å². The Balaban J connectivity index is 1.79. The van der Waals surface area contributed by atoms with Crippen LogP contribution in [0.4, 0.5) is 0 Å². The molecule has 1 aromatic carbocycles. The SMILES string of the molecule is OC[C@H]1[C@H](Br)[C@@H]1CCc1ccccc1. The van der Waals surface area contributed by atoms with Gasteiger partial charge in [-0.25, -0.2) is 0 Å². The van der Waals surface area contributed by atoms with E-state index in [1.165, 1.54) is 12.0 Å². The highest BCUT2D eigenvalue weighted by atomic mass is 79.9. The maximum Gasteiger partial charge on any atom is 0.0473 e. The van der Waals surface area contributed by atoms with Crippen LogP contribution >= 0.6 is 15.9 Å². The van der Waals surface area contributed by atoms with Gasteiger partial charge in [0, 0.05) is 11.4 Å². The molecule has 0 unspecified atom stereocenters. The molecule has 1 nitrogen and oxygen atoms in total. The van der Waals surface area contributed by atoms with Gasteiger partial charge in [0.1, 0.15) is 0 Å². The molecule has 1 aromatic rings. The number of aryl methyl sites for hydroxylation is 1. The van der Waals surface area contributed by atoms with E-state index in [0.717, 1.165) is 6.42 Å². The van der Waals surface area contributed by atoms with Crippen LogP contribution in [-0.4, -0.2) is 16.5 Å². The third-order valence-corrected chi connectivity index (χ3v) is 4.41. The average molecular weight is 255 g/mol. The van der Waals surface area contributed by atoms with Crippen LogP contribution in [0.5, 0.6) is 0 Å². The summed E-state index contributed by atoms with van der Waals surface area (Å²) in [5.41, 5.74) is 1.40. The third-order valence-electron chi connectivity index (χ3n) is 3.05. The van der Waals surface area contributed by atoms with Gasteiger partial charge < -0.3 is 5.11 Å². The number of rotatable bonds is 4. The van der Waals surface area contributed by atoms with Gasteiger partial charge in [0.2, 0.25) is 0 Å². The zero-order chi connectivity index (χ0) is 9.97. The lowest BCUT2D eigenvalue weighted by Crippen LogP contribution is -1.91. The Labute approximate surface area is 93.3 Å². The van der Waals surface area contributed by atoms with Crippen molar-refractivity contribution < 1.29 is 5.11 Å². The van der Waals surface area contributed by atoms with E-state index in [-0.39, 0.29) is 0 Å². The highest BCUT2D eigenvalue weighted by Crippen LogP contribution is 2.47. The molecular formula is C12H15BrO. The molecule has 0 amide bonds. The first-order chi connectivity index (χ1) is 6.83. The summed E-state index contributed by atoms with van der Waals surface area (Å²) in [7, 11) is 0. The van der Waals surface area contributed by atoms with Crippen LogP contribution in [0.25, 0.3) is 0 Å². The Kier molecular flexibility index (Phi) is 3.24. The molecule has 1 fully saturated rings. The zero-order valence-corrected chi connectivity index (χ0v) is 9.65. The zero-order valence-electron chi connectivity index (χ0n) is 8.07. The second-order valence-corrected chi connectivity index (χ2v) is 5.04. The first kappa shape index (κ1) is 10.2. The molecule has 76 valence electrons. The van der Waals surface area contributed by atoms with E-state index in [2.05, 4.69) is 40.2 Å². The molecule has 0 bridgehead atoms. The van der Waals surface area contributed by atoms with E-state index < -0.39 is 0 Å². The first-order valence-corrected chi connectivity index (χ1v) is 6.03. The summed E-state index contributed by atoms with van der Waals surface area (Å²) in [5, 5.41) is 9.01. The number of alkyl halides is 1. The van der Waals surface area contributed by atoms with E-state index in [1.54, 1.807) is 0 Å². The number of aliphatic hydroxyl groups excluding tert-OH is 1. The van der Waals surface area contributed by atoms with Crippen molar-refractivity contribution in [2.45, 2.75) is 17.7 Å². The summed E-state index contributed by atoms with van der Waals surface area (Å²) in [6, 6.07) is 10.5. The second-order valence-electron chi connectivity index (χ2n) is 3.98. The van der Waals surface area contributed by atoms with Crippen molar-refractivity contribution in [3.63, 3.8) is 0 Å². The van der Waals surface area contributed by atoms with Crippen LogP contribution in [0.15, 0.2) is 30.3 Å². The number of hydrogen-bond acceptors (Lipinski definition) is 1. The van der Waals surface area contributed by atoms with Crippen molar-refractivity contribution in [3.8, 4) is 0 Å². The third kappa shape index (κ3) is 2.18. The standard InChI is InChI=1S/C12H15BrO/c13-12-10(11(12)8-14)7-6-9-4-2-1-3-5-9/h1-5,10-12,14H,6-8H2/t10-,11-,12-/m1/s1. The molecule has 0 radical (unpaired) electrons. The molecule has 0 aliphatic heterocycles. The van der Waals surface area contributed by atoms with Crippen molar-refractivity contribution in [1.82, 2.24) is 0 Å². The fraction of sp³-hybridized carbons (Fsp3) is 0.500. The average Bonchev–Trinajstić information content (AvgIpc) is 2.87. The number of aliphatic hydroxyl groups is 1. The van der Waals surface area contributed by atoms with Gasteiger partial charge in [-0.3, -0.25) is 0 Å². The summed E-state index contributed by atoms with van der Waals surface area (Å²) in [4.78, 5) is 0.552. The number of benzene rings is 1. The summed E-state index contributed by atoms with van der Waals surface area (Å²) in [5.74, 6) is 1.18. The molecule has 0 aromatic heterocycles. The first-order valence-electron chi connectivity index (χ1n) is 5.12. The molecule has 0 heterocycles. The number of halogens is 1. The van der Waals surface area contributed by atoms with Crippen LogP contribution in [-0.2, 0) is 6.42 Å². The summed E-state index contributed by atoms with van der Waals surface area (Å²) < 4.78 is 0.